The molecule has 3 heterocycles. The summed E-state index contributed by atoms with van der Waals surface area (Å²) in [5.41, 5.74) is 5.11. The highest BCUT2D eigenvalue weighted by atomic mass is 19.4. The van der Waals surface area contributed by atoms with E-state index in [4.69, 9.17) is 5.73 Å². The number of piperidine rings is 1. The Hall–Kier alpha value is -2.32. The van der Waals surface area contributed by atoms with Crippen LogP contribution in [0.25, 0.3) is 11.0 Å². The van der Waals surface area contributed by atoms with Gasteiger partial charge in [0.05, 0.1) is 10.9 Å². The summed E-state index contributed by atoms with van der Waals surface area (Å²) in [5.74, 6) is 0.180. The molecule has 6 nitrogen and oxygen atoms in total. The highest BCUT2D eigenvalue weighted by Crippen LogP contribution is 2.39. The van der Waals surface area contributed by atoms with Crippen LogP contribution in [0.4, 0.5) is 19.0 Å². The first kappa shape index (κ1) is 20.0. The number of nitrogens with one attached hydrogen (secondary N) is 1. The second-order valence-electron chi connectivity index (χ2n) is 8.32. The number of pyridine rings is 1. The average Bonchev–Trinajstić information content (AvgIpc) is 3.08. The molecule has 0 unspecified atom stereocenters. The summed E-state index contributed by atoms with van der Waals surface area (Å²) < 4.78 is 40.8. The number of carbonyl (C=O) groups is 1. The zero-order valence-corrected chi connectivity index (χ0v) is 16.3. The second-order valence-corrected chi connectivity index (χ2v) is 8.32. The van der Waals surface area contributed by atoms with Crippen molar-refractivity contribution >= 4 is 22.8 Å². The number of halogens is 3. The monoisotopic (exact) mass is 409 g/mol. The molecule has 9 heteroatoms. The summed E-state index contributed by atoms with van der Waals surface area (Å²) in [5, 5.41) is 6.04. The van der Waals surface area contributed by atoms with Crippen molar-refractivity contribution in [2.24, 2.45) is 5.92 Å². The van der Waals surface area contributed by atoms with Crippen LogP contribution >= 0.6 is 0 Å². The molecule has 1 saturated carbocycles. The van der Waals surface area contributed by atoms with Gasteiger partial charge in [0.2, 0.25) is 5.91 Å². The molecule has 1 aliphatic heterocycles. The number of hydrogen-bond donors (Lipinski definition) is 2. The Kier molecular flexibility index (Phi) is 5.40. The van der Waals surface area contributed by atoms with Crippen LogP contribution in [0.1, 0.15) is 68.5 Å². The average molecular weight is 409 g/mol. The third kappa shape index (κ3) is 4.18. The van der Waals surface area contributed by atoms with Crippen LogP contribution in [-0.2, 0) is 11.0 Å². The maximum absolute atomic E-state index is 13.6. The van der Waals surface area contributed by atoms with Crippen LogP contribution < -0.4 is 5.73 Å². The zero-order chi connectivity index (χ0) is 20.6. The highest BCUT2D eigenvalue weighted by Gasteiger charge is 2.37. The summed E-state index contributed by atoms with van der Waals surface area (Å²) in [6.07, 6.45) is 3.22. The third-order valence-corrected chi connectivity index (χ3v) is 6.26. The second kappa shape index (κ2) is 7.84. The van der Waals surface area contributed by atoms with Crippen molar-refractivity contribution in [2.75, 3.05) is 18.8 Å². The molecule has 2 aromatic heterocycles. The molecule has 1 aliphatic carbocycles. The maximum Gasteiger partial charge on any atom is 0.417 e. The SMILES string of the molecule is Nc1[nH]nc2nc([C@@H]3CCCN(C(=O)CC4CCCCC4)C3)cc(C(F)(F)F)c12. The van der Waals surface area contributed by atoms with Crippen molar-refractivity contribution in [2.45, 2.75) is 63.5 Å². The Morgan fingerprint density at radius 1 is 1.21 bits per heavy atom. The lowest BCUT2D eigenvalue weighted by Crippen LogP contribution is -2.40. The lowest BCUT2D eigenvalue weighted by Gasteiger charge is -2.34. The zero-order valence-electron chi connectivity index (χ0n) is 16.3. The van der Waals surface area contributed by atoms with Crippen molar-refractivity contribution in [3.05, 3.63) is 17.3 Å². The fourth-order valence-corrected chi connectivity index (χ4v) is 4.71. The molecule has 2 aliphatic rings. The standard InChI is InChI=1S/C20H26F3N5O/c21-20(22,23)14-10-15(25-19-17(14)18(24)26-27-19)13-7-4-8-28(11-13)16(29)9-12-5-2-1-3-6-12/h10,12-13H,1-9,11H2,(H3,24,25,26,27)/t13-/m1/s1. The van der Waals surface area contributed by atoms with Gasteiger partial charge in [0.1, 0.15) is 5.82 Å². The van der Waals surface area contributed by atoms with E-state index in [9.17, 15) is 18.0 Å². The van der Waals surface area contributed by atoms with Crippen molar-refractivity contribution in [1.82, 2.24) is 20.1 Å². The van der Waals surface area contributed by atoms with Gasteiger partial charge in [0.15, 0.2) is 5.65 Å². The van der Waals surface area contributed by atoms with Crippen molar-refractivity contribution < 1.29 is 18.0 Å². The van der Waals surface area contributed by atoms with E-state index >= 15 is 0 Å². The number of nitrogens with two attached hydrogens (primary N) is 1. The number of anilines is 1. The van der Waals surface area contributed by atoms with E-state index in [0.29, 0.717) is 37.5 Å². The molecule has 1 saturated heterocycles. The first-order valence-corrected chi connectivity index (χ1v) is 10.3. The number of alkyl halides is 3. The van der Waals surface area contributed by atoms with Gasteiger partial charge in [-0.1, -0.05) is 19.3 Å². The molecule has 0 bridgehead atoms. The quantitative estimate of drug-likeness (QED) is 0.794. The first-order chi connectivity index (χ1) is 13.8. The van der Waals surface area contributed by atoms with E-state index in [1.165, 1.54) is 19.3 Å². The van der Waals surface area contributed by atoms with Crippen LogP contribution in [0.2, 0.25) is 0 Å². The molecule has 158 valence electrons. The number of H-pyrrole nitrogens is 1. The van der Waals surface area contributed by atoms with E-state index in [1.807, 2.05) is 0 Å². The lowest BCUT2D eigenvalue weighted by atomic mass is 9.86. The summed E-state index contributed by atoms with van der Waals surface area (Å²) >= 11 is 0. The Labute approximate surface area is 167 Å². The molecule has 3 N–H and O–H groups in total. The molecule has 2 aromatic rings. The molecule has 0 aromatic carbocycles. The normalized spacial score (nSPS) is 21.6. The van der Waals surface area contributed by atoms with E-state index in [-0.39, 0.29) is 28.7 Å². The van der Waals surface area contributed by atoms with Gasteiger partial charge in [-0.25, -0.2) is 4.98 Å². The Balaban J connectivity index is 1.55. The summed E-state index contributed by atoms with van der Waals surface area (Å²) in [4.78, 5) is 18.9. The molecule has 0 radical (unpaired) electrons. The van der Waals surface area contributed by atoms with Gasteiger partial charge in [-0.2, -0.15) is 18.3 Å². The molecular weight excluding hydrogens is 383 g/mol. The topological polar surface area (TPSA) is 87.9 Å². The van der Waals surface area contributed by atoms with Gasteiger partial charge in [0, 0.05) is 31.1 Å². The largest absolute Gasteiger partial charge is 0.417 e. The fraction of sp³-hybridized carbons (Fsp3) is 0.650. The van der Waals surface area contributed by atoms with Crippen molar-refractivity contribution in [3.8, 4) is 0 Å². The van der Waals surface area contributed by atoms with Crippen LogP contribution in [0, 0.1) is 5.92 Å². The van der Waals surface area contributed by atoms with Gasteiger partial charge in [-0.3, -0.25) is 9.89 Å². The summed E-state index contributed by atoms with van der Waals surface area (Å²) in [6, 6.07) is 1.08. The van der Waals surface area contributed by atoms with E-state index in [2.05, 4.69) is 15.2 Å². The number of hydrogen-bond acceptors (Lipinski definition) is 4. The molecule has 4 rings (SSSR count). The molecule has 2 fully saturated rings. The van der Waals surface area contributed by atoms with Crippen LogP contribution in [-0.4, -0.2) is 39.1 Å². The Morgan fingerprint density at radius 2 is 1.97 bits per heavy atom. The number of aromatic nitrogens is 3. The Morgan fingerprint density at radius 3 is 2.69 bits per heavy atom. The number of nitrogen functional groups attached to an aromatic ring is 1. The number of carbonyl (C=O) groups excluding carboxylic acids is 1. The third-order valence-electron chi connectivity index (χ3n) is 6.26. The summed E-state index contributed by atoms with van der Waals surface area (Å²) in [7, 11) is 0. The lowest BCUT2D eigenvalue weighted by molar-refractivity contribution is -0.136. The number of likely N-dealkylation sites (tertiary alicyclic amines) is 1. The van der Waals surface area contributed by atoms with E-state index in [0.717, 1.165) is 25.3 Å². The van der Waals surface area contributed by atoms with Crippen LogP contribution in [0.15, 0.2) is 6.07 Å². The fourth-order valence-electron chi connectivity index (χ4n) is 4.71. The summed E-state index contributed by atoms with van der Waals surface area (Å²) in [6.45, 7) is 1.06. The predicted octanol–water partition coefficient (Wildman–Crippen LogP) is 4.24. The maximum atomic E-state index is 13.6. The predicted molar refractivity (Wildman–Crippen MR) is 103 cm³/mol. The number of fused-ring (bicyclic) bond motifs is 1. The molecule has 29 heavy (non-hydrogen) atoms. The number of amides is 1. The van der Waals surface area contributed by atoms with Crippen molar-refractivity contribution in [3.63, 3.8) is 0 Å². The minimum Gasteiger partial charge on any atom is -0.383 e. The van der Waals surface area contributed by atoms with Crippen LogP contribution in [0.3, 0.4) is 0 Å². The van der Waals surface area contributed by atoms with Gasteiger partial charge < -0.3 is 10.6 Å². The smallest absolute Gasteiger partial charge is 0.383 e. The number of nitrogens with zero attached hydrogens (tertiary/aromatic N) is 3. The van der Waals surface area contributed by atoms with Gasteiger partial charge in [0.25, 0.3) is 0 Å². The van der Waals surface area contributed by atoms with Gasteiger partial charge >= 0.3 is 6.18 Å². The number of aromatic amines is 1. The highest BCUT2D eigenvalue weighted by molar-refractivity contribution is 5.89. The van der Waals surface area contributed by atoms with Gasteiger partial charge in [-0.15, -0.1) is 0 Å². The Bertz CT molecular complexity index is 888. The molecule has 1 amide bonds. The van der Waals surface area contributed by atoms with Crippen molar-refractivity contribution in [1.29, 1.82) is 0 Å². The van der Waals surface area contributed by atoms with E-state index < -0.39 is 11.7 Å². The minimum absolute atomic E-state index is 0.0296. The minimum atomic E-state index is -4.56. The molecule has 0 spiro atoms. The van der Waals surface area contributed by atoms with Gasteiger partial charge in [-0.05, 0) is 37.7 Å². The first-order valence-electron chi connectivity index (χ1n) is 10.3. The molecule has 1 atom stereocenters. The van der Waals surface area contributed by atoms with Crippen LogP contribution in [0.5, 0.6) is 0 Å². The van der Waals surface area contributed by atoms with E-state index in [1.54, 1.807) is 4.90 Å². The number of rotatable bonds is 3. The molecular formula is C20H26F3N5O.